The summed E-state index contributed by atoms with van der Waals surface area (Å²) in [6.45, 7) is 0.865. The molecule has 0 aromatic carbocycles. The minimum absolute atomic E-state index is 0.0234. The molecule has 5 N–H and O–H groups in total. The third-order valence-electron chi connectivity index (χ3n) is 3.13. The third-order valence-corrected chi connectivity index (χ3v) is 3.49. The number of nitrogens with one attached hydrogen (secondary N) is 1. The standard InChI is InChI=1S/C14H23N3O7S/c1-2-3-10(18)17(6-12(21)22)14(24)9(7-25)16-13(23)8(15)4-5-11(19)20/h8-9,25H,2-7,15H2,1H3,(H,16,23)(H,19,20)(H,21,22)/t8-,9-/m0/s1. The summed E-state index contributed by atoms with van der Waals surface area (Å²) in [7, 11) is 0. The molecule has 0 rings (SSSR count). The molecule has 0 heterocycles. The fourth-order valence-electron chi connectivity index (χ4n) is 1.84. The van der Waals surface area contributed by atoms with E-state index in [9.17, 15) is 24.0 Å². The van der Waals surface area contributed by atoms with Crippen molar-refractivity contribution in [3.05, 3.63) is 0 Å². The summed E-state index contributed by atoms with van der Waals surface area (Å²) < 4.78 is 0. The molecule has 0 aromatic rings. The highest BCUT2D eigenvalue weighted by Gasteiger charge is 2.31. The zero-order valence-electron chi connectivity index (χ0n) is 13.8. The number of carboxylic acids is 2. The van der Waals surface area contributed by atoms with Gasteiger partial charge in [-0.15, -0.1) is 0 Å². The van der Waals surface area contributed by atoms with Crippen molar-refractivity contribution in [1.29, 1.82) is 0 Å². The molecule has 10 nitrogen and oxygen atoms in total. The van der Waals surface area contributed by atoms with Crippen LogP contribution in [0, 0.1) is 0 Å². The van der Waals surface area contributed by atoms with Crippen molar-refractivity contribution in [3.8, 4) is 0 Å². The maximum Gasteiger partial charge on any atom is 0.323 e. The van der Waals surface area contributed by atoms with Crippen molar-refractivity contribution >= 4 is 42.3 Å². The van der Waals surface area contributed by atoms with Crippen LogP contribution >= 0.6 is 12.6 Å². The summed E-state index contributed by atoms with van der Waals surface area (Å²) >= 11 is 3.93. The van der Waals surface area contributed by atoms with Crippen molar-refractivity contribution in [3.63, 3.8) is 0 Å². The SMILES string of the molecule is CCCC(=O)N(CC(=O)O)C(=O)[C@H](CS)NC(=O)[C@@H](N)CCC(=O)O. The second-order valence-corrected chi connectivity index (χ2v) is 5.61. The van der Waals surface area contributed by atoms with E-state index in [1.807, 2.05) is 0 Å². The number of nitrogens with zero attached hydrogens (tertiary/aromatic N) is 1. The molecule has 0 aromatic heterocycles. The second-order valence-electron chi connectivity index (χ2n) is 5.24. The zero-order valence-corrected chi connectivity index (χ0v) is 14.7. The number of nitrogens with two attached hydrogens (primary N) is 1. The van der Waals surface area contributed by atoms with Crippen molar-refractivity contribution in [2.24, 2.45) is 5.73 Å². The molecule has 0 fully saturated rings. The number of imide groups is 1. The van der Waals surface area contributed by atoms with Crippen LogP contribution < -0.4 is 11.1 Å². The highest BCUT2D eigenvalue weighted by Crippen LogP contribution is 2.05. The summed E-state index contributed by atoms with van der Waals surface area (Å²) in [6.07, 6.45) is -0.0684. The Balaban J connectivity index is 5.04. The van der Waals surface area contributed by atoms with Gasteiger partial charge in [-0.2, -0.15) is 12.6 Å². The maximum atomic E-state index is 12.4. The number of thiol groups is 1. The number of amides is 3. The van der Waals surface area contributed by atoms with Gasteiger partial charge < -0.3 is 21.3 Å². The van der Waals surface area contributed by atoms with Crippen molar-refractivity contribution in [2.75, 3.05) is 12.3 Å². The molecule has 0 unspecified atom stereocenters. The minimum atomic E-state index is -1.37. The minimum Gasteiger partial charge on any atom is -0.481 e. The maximum absolute atomic E-state index is 12.4. The average molecular weight is 377 g/mol. The molecule has 0 saturated carbocycles. The van der Waals surface area contributed by atoms with E-state index in [1.165, 1.54) is 0 Å². The van der Waals surface area contributed by atoms with Crippen LogP contribution in [0.1, 0.15) is 32.6 Å². The number of carbonyl (C=O) groups excluding carboxylic acids is 3. The van der Waals surface area contributed by atoms with E-state index >= 15 is 0 Å². The molecule has 0 spiro atoms. The van der Waals surface area contributed by atoms with Gasteiger partial charge in [-0.05, 0) is 12.8 Å². The highest BCUT2D eigenvalue weighted by molar-refractivity contribution is 7.80. The summed E-state index contributed by atoms with van der Waals surface area (Å²) in [5.41, 5.74) is 5.55. The van der Waals surface area contributed by atoms with Crippen molar-refractivity contribution in [2.45, 2.75) is 44.7 Å². The molecule has 11 heteroatoms. The Morgan fingerprint density at radius 3 is 2.16 bits per heavy atom. The summed E-state index contributed by atoms with van der Waals surface area (Å²) in [6, 6.07) is -2.42. The van der Waals surface area contributed by atoms with Crippen molar-refractivity contribution in [1.82, 2.24) is 10.2 Å². The van der Waals surface area contributed by atoms with Crippen LogP contribution in [0.3, 0.4) is 0 Å². The first-order valence-electron chi connectivity index (χ1n) is 7.58. The van der Waals surface area contributed by atoms with Gasteiger partial charge in [-0.1, -0.05) is 6.92 Å². The third kappa shape index (κ3) is 8.49. The lowest BCUT2D eigenvalue weighted by Gasteiger charge is -2.25. The largest absolute Gasteiger partial charge is 0.481 e. The van der Waals surface area contributed by atoms with Gasteiger partial charge >= 0.3 is 11.9 Å². The topological polar surface area (TPSA) is 167 Å². The predicted octanol–water partition coefficient (Wildman–Crippen LogP) is -1.17. The van der Waals surface area contributed by atoms with E-state index < -0.39 is 48.3 Å². The number of carbonyl (C=O) groups is 5. The summed E-state index contributed by atoms with van der Waals surface area (Å²) in [4.78, 5) is 58.2. The first kappa shape index (κ1) is 22.9. The van der Waals surface area contributed by atoms with E-state index in [2.05, 4.69) is 17.9 Å². The first-order chi connectivity index (χ1) is 11.6. The van der Waals surface area contributed by atoms with Crippen LogP contribution in [0.15, 0.2) is 0 Å². The van der Waals surface area contributed by atoms with Gasteiger partial charge in [0.25, 0.3) is 5.91 Å². The fraction of sp³-hybridized carbons (Fsp3) is 0.643. The van der Waals surface area contributed by atoms with Gasteiger partial charge in [0.05, 0.1) is 6.04 Å². The fourth-order valence-corrected chi connectivity index (χ4v) is 2.08. The monoisotopic (exact) mass is 377 g/mol. The first-order valence-corrected chi connectivity index (χ1v) is 8.21. The lowest BCUT2D eigenvalue weighted by atomic mass is 10.1. The lowest BCUT2D eigenvalue weighted by Crippen LogP contribution is -2.55. The predicted molar refractivity (Wildman–Crippen MR) is 89.9 cm³/mol. The van der Waals surface area contributed by atoms with Crippen LogP contribution in [-0.4, -0.2) is 69.2 Å². The molecule has 0 saturated heterocycles. The van der Waals surface area contributed by atoms with Crippen LogP contribution in [0.25, 0.3) is 0 Å². The smallest absolute Gasteiger partial charge is 0.323 e. The number of hydrogen-bond donors (Lipinski definition) is 5. The number of hydrogen-bond acceptors (Lipinski definition) is 7. The summed E-state index contributed by atoms with van der Waals surface area (Å²) in [5, 5.41) is 19.7. The van der Waals surface area contributed by atoms with Gasteiger partial charge in [0, 0.05) is 18.6 Å². The quantitative estimate of drug-likeness (QED) is 0.281. The highest BCUT2D eigenvalue weighted by atomic mass is 32.1. The molecule has 0 radical (unpaired) electrons. The molecule has 25 heavy (non-hydrogen) atoms. The summed E-state index contributed by atoms with van der Waals surface area (Å²) in [5.74, 6) is -5.05. The van der Waals surface area contributed by atoms with E-state index in [1.54, 1.807) is 6.92 Å². The number of rotatable bonds is 11. The molecular formula is C14H23N3O7S. The van der Waals surface area contributed by atoms with Gasteiger partial charge in [0.15, 0.2) is 0 Å². The van der Waals surface area contributed by atoms with E-state index in [4.69, 9.17) is 15.9 Å². The lowest BCUT2D eigenvalue weighted by molar-refractivity contribution is -0.153. The Morgan fingerprint density at radius 1 is 1.12 bits per heavy atom. The van der Waals surface area contributed by atoms with Gasteiger partial charge in [0.1, 0.15) is 12.6 Å². The zero-order chi connectivity index (χ0) is 19.6. The average Bonchev–Trinajstić information content (AvgIpc) is 2.54. The van der Waals surface area contributed by atoms with E-state index in [0.29, 0.717) is 11.3 Å². The normalized spacial score (nSPS) is 12.8. The molecular weight excluding hydrogens is 354 g/mol. The molecule has 0 aliphatic carbocycles. The Labute approximate surface area is 150 Å². The Hall–Kier alpha value is -2.14. The van der Waals surface area contributed by atoms with Gasteiger partial charge in [-0.25, -0.2) is 0 Å². The second kappa shape index (κ2) is 11.4. The molecule has 142 valence electrons. The molecule has 3 amide bonds. The Kier molecular flexibility index (Phi) is 10.4. The molecule has 0 bridgehead atoms. The van der Waals surface area contributed by atoms with Crippen LogP contribution in [0.4, 0.5) is 0 Å². The molecule has 2 atom stereocenters. The molecule has 0 aliphatic rings. The van der Waals surface area contributed by atoms with E-state index in [0.717, 1.165) is 0 Å². The van der Waals surface area contributed by atoms with Crippen LogP contribution in [0.2, 0.25) is 0 Å². The number of carboxylic acid groups (broad SMARTS) is 2. The van der Waals surface area contributed by atoms with Crippen molar-refractivity contribution < 1.29 is 34.2 Å². The molecule has 0 aliphatic heterocycles. The van der Waals surface area contributed by atoms with Gasteiger partial charge in [0.2, 0.25) is 11.8 Å². The Morgan fingerprint density at radius 2 is 1.72 bits per heavy atom. The van der Waals surface area contributed by atoms with Gasteiger partial charge in [-0.3, -0.25) is 28.9 Å². The van der Waals surface area contributed by atoms with E-state index in [-0.39, 0.29) is 25.0 Å². The number of aliphatic carboxylic acids is 2. The van der Waals surface area contributed by atoms with Crippen LogP contribution in [0.5, 0.6) is 0 Å². The Bertz CT molecular complexity index is 527. The van der Waals surface area contributed by atoms with Crippen LogP contribution in [-0.2, 0) is 24.0 Å².